The maximum absolute atomic E-state index is 13.2. The van der Waals surface area contributed by atoms with Crippen LogP contribution >= 0.6 is 0 Å². The van der Waals surface area contributed by atoms with Crippen LogP contribution in [0.2, 0.25) is 0 Å². The van der Waals surface area contributed by atoms with E-state index in [4.69, 9.17) is 14.2 Å². The van der Waals surface area contributed by atoms with Gasteiger partial charge in [0.25, 0.3) is 5.91 Å². The molecule has 1 saturated heterocycles. The third-order valence-corrected chi connectivity index (χ3v) is 6.69. The van der Waals surface area contributed by atoms with Crippen LogP contribution in [0.1, 0.15) is 68.2 Å². The molecule has 1 atom stereocenters. The van der Waals surface area contributed by atoms with Crippen LogP contribution in [0, 0.1) is 10.8 Å². The molecule has 10 nitrogen and oxygen atoms in total. The van der Waals surface area contributed by atoms with Crippen LogP contribution in [-0.4, -0.2) is 59.9 Å². The summed E-state index contributed by atoms with van der Waals surface area (Å²) in [5.74, 6) is -0.315. The van der Waals surface area contributed by atoms with Crippen molar-refractivity contribution < 1.29 is 33.4 Å². The summed E-state index contributed by atoms with van der Waals surface area (Å²) in [6.07, 6.45) is 1.30. The van der Waals surface area contributed by atoms with Crippen molar-refractivity contribution in [3.8, 4) is 17.2 Å². The van der Waals surface area contributed by atoms with Crippen molar-refractivity contribution in [2.75, 3.05) is 25.0 Å². The van der Waals surface area contributed by atoms with Crippen LogP contribution in [0.15, 0.2) is 48.5 Å². The predicted octanol–water partition coefficient (Wildman–Crippen LogP) is 4.97. The number of benzene rings is 2. The molecular weight excluding hydrogens is 550 g/mol. The summed E-state index contributed by atoms with van der Waals surface area (Å²) in [6.45, 7) is 14.9. The van der Waals surface area contributed by atoms with Crippen molar-refractivity contribution in [1.82, 2.24) is 10.2 Å². The third kappa shape index (κ3) is 10.0. The van der Waals surface area contributed by atoms with Crippen molar-refractivity contribution in [2.45, 2.75) is 79.8 Å². The van der Waals surface area contributed by atoms with Gasteiger partial charge in [-0.05, 0) is 80.4 Å². The zero-order chi connectivity index (χ0) is 32.0. The Morgan fingerprint density at radius 2 is 1.37 bits per heavy atom. The Morgan fingerprint density at radius 3 is 1.91 bits per heavy atom. The first-order valence-electron chi connectivity index (χ1n) is 14.6. The number of carbonyl (C=O) groups excluding carboxylic acids is 4. The van der Waals surface area contributed by atoms with E-state index in [-0.39, 0.29) is 36.5 Å². The Hall–Kier alpha value is -4.08. The van der Waals surface area contributed by atoms with Gasteiger partial charge in [0.05, 0.1) is 10.8 Å². The number of hydrogen-bond acceptors (Lipinski definition) is 8. The molecule has 0 bridgehead atoms. The average molecular weight is 596 g/mol. The van der Waals surface area contributed by atoms with E-state index in [1.54, 1.807) is 70.7 Å². The Labute approximate surface area is 254 Å². The second kappa shape index (κ2) is 13.5. The van der Waals surface area contributed by atoms with Crippen molar-refractivity contribution in [3.05, 3.63) is 48.5 Å². The van der Waals surface area contributed by atoms with Gasteiger partial charge in [0.1, 0.15) is 23.3 Å². The summed E-state index contributed by atoms with van der Waals surface area (Å²) in [6, 6.07) is 13.3. The van der Waals surface area contributed by atoms with Gasteiger partial charge in [-0.2, -0.15) is 0 Å². The third-order valence-electron chi connectivity index (χ3n) is 6.69. The van der Waals surface area contributed by atoms with Gasteiger partial charge in [-0.15, -0.1) is 0 Å². The molecule has 0 saturated carbocycles. The molecule has 43 heavy (non-hydrogen) atoms. The molecule has 1 aliphatic rings. The van der Waals surface area contributed by atoms with Gasteiger partial charge >= 0.3 is 11.9 Å². The van der Waals surface area contributed by atoms with Crippen LogP contribution in [0.4, 0.5) is 5.69 Å². The number of amides is 2. The normalized spacial score (nSPS) is 15.4. The Kier molecular flexibility index (Phi) is 10.5. The van der Waals surface area contributed by atoms with Crippen molar-refractivity contribution in [3.63, 3.8) is 0 Å². The zero-order valence-electron chi connectivity index (χ0n) is 26.5. The Bertz CT molecular complexity index is 1260. The number of nitrogens with one attached hydrogen (secondary N) is 2. The van der Waals surface area contributed by atoms with Gasteiger partial charge in [-0.25, -0.2) is 0 Å². The molecule has 0 radical (unpaired) electrons. The molecule has 2 amide bonds. The predicted molar refractivity (Wildman–Crippen MR) is 164 cm³/mol. The van der Waals surface area contributed by atoms with Gasteiger partial charge in [-0.1, -0.05) is 18.2 Å². The number of likely N-dealkylation sites (tertiary alicyclic amines) is 1. The van der Waals surface area contributed by atoms with Crippen LogP contribution in [0.3, 0.4) is 0 Å². The molecule has 2 aromatic rings. The molecule has 1 aliphatic heterocycles. The molecule has 234 valence electrons. The van der Waals surface area contributed by atoms with Crippen LogP contribution < -0.4 is 24.8 Å². The molecule has 1 fully saturated rings. The highest BCUT2D eigenvalue weighted by molar-refractivity contribution is 5.89. The molecule has 10 heteroatoms. The highest BCUT2D eigenvalue weighted by Gasteiger charge is 2.35. The minimum atomic E-state index is -0.738. The van der Waals surface area contributed by atoms with Crippen LogP contribution in [-0.2, 0) is 19.2 Å². The summed E-state index contributed by atoms with van der Waals surface area (Å²) < 4.78 is 16.8. The smallest absolute Gasteiger partial charge is 0.316 e. The summed E-state index contributed by atoms with van der Waals surface area (Å²) in [4.78, 5) is 52.8. The molecule has 0 aliphatic carbocycles. The lowest BCUT2D eigenvalue weighted by atomic mass is 9.97. The maximum atomic E-state index is 13.2. The van der Waals surface area contributed by atoms with Crippen molar-refractivity contribution >= 4 is 29.4 Å². The van der Waals surface area contributed by atoms with Gasteiger partial charge in [0.2, 0.25) is 5.91 Å². The van der Waals surface area contributed by atoms with E-state index >= 15 is 0 Å². The minimum Gasteiger partial charge on any atom is -0.484 e. The lowest BCUT2D eigenvalue weighted by Gasteiger charge is -2.30. The van der Waals surface area contributed by atoms with Crippen LogP contribution in [0.5, 0.6) is 17.2 Å². The van der Waals surface area contributed by atoms with E-state index in [2.05, 4.69) is 10.6 Å². The number of carbonyl (C=O) groups is 4. The highest BCUT2D eigenvalue weighted by Crippen LogP contribution is 2.31. The number of esters is 2. The number of rotatable bonds is 10. The van der Waals surface area contributed by atoms with E-state index in [1.807, 2.05) is 32.0 Å². The molecule has 0 unspecified atom stereocenters. The average Bonchev–Trinajstić information content (AvgIpc) is 3.40. The standard InChI is InChI=1S/C33H45N3O7/c1-31(2,3)29(39)42-24-17-22(18-25(19-24)43-30(40)32(4,5)6)35-33(7,8)21-34-28(38)26-15-12-16-36(26)27(37)20-41-23-13-10-9-11-14-23/h9-11,13-14,17-19,26,35H,12,15-16,20-21H2,1-8H3,(H,34,38)/t26-/m1/s1. The van der Waals surface area contributed by atoms with E-state index in [0.29, 0.717) is 24.4 Å². The van der Waals surface area contributed by atoms with Crippen molar-refractivity contribution in [2.24, 2.45) is 10.8 Å². The van der Waals surface area contributed by atoms with Gasteiger partial charge < -0.3 is 29.7 Å². The number of para-hydroxylation sites is 1. The van der Waals surface area contributed by atoms with Gasteiger partial charge in [-0.3, -0.25) is 19.2 Å². The first kappa shape index (κ1) is 33.4. The first-order chi connectivity index (χ1) is 19.9. The number of nitrogens with zero attached hydrogens (tertiary/aromatic N) is 1. The maximum Gasteiger partial charge on any atom is 0.316 e. The molecule has 3 rings (SSSR count). The largest absolute Gasteiger partial charge is 0.484 e. The number of ether oxygens (including phenoxy) is 3. The summed E-state index contributed by atoms with van der Waals surface area (Å²) in [5.41, 5.74) is -1.61. The van der Waals surface area contributed by atoms with Gasteiger partial charge in [0.15, 0.2) is 6.61 Å². The summed E-state index contributed by atoms with van der Waals surface area (Å²) in [5, 5.41) is 6.31. The van der Waals surface area contributed by atoms with Gasteiger partial charge in [0, 0.05) is 42.5 Å². The summed E-state index contributed by atoms with van der Waals surface area (Å²) in [7, 11) is 0. The fourth-order valence-electron chi connectivity index (χ4n) is 4.23. The monoisotopic (exact) mass is 595 g/mol. The molecular formula is C33H45N3O7. The topological polar surface area (TPSA) is 123 Å². The Balaban J connectivity index is 1.67. The van der Waals surface area contributed by atoms with E-state index in [9.17, 15) is 19.2 Å². The van der Waals surface area contributed by atoms with E-state index in [0.717, 1.165) is 6.42 Å². The lowest BCUT2D eigenvalue weighted by Crippen LogP contribution is -2.51. The van der Waals surface area contributed by atoms with E-state index < -0.39 is 34.3 Å². The SMILES string of the molecule is CC(C)(CNC(=O)[C@H]1CCCN1C(=O)COc1ccccc1)Nc1cc(OC(=O)C(C)(C)C)cc(OC(=O)C(C)(C)C)c1. The lowest BCUT2D eigenvalue weighted by molar-refractivity contribution is -0.143. The zero-order valence-corrected chi connectivity index (χ0v) is 26.5. The fourth-order valence-corrected chi connectivity index (χ4v) is 4.23. The van der Waals surface area contributed by atoms with Crippen LogP contribution in [0.25, 0.3) is 0 Å². The Morgan fingerprint density at radius 1 is 0.814 bits per heavy atom. The number of hydrogen-bond donors (Lipinski definition) is 2. The van der Waals surface area contributed by atoms with E-state index in [1.165, 1.54) is 6.07 Å². The molecule has 0 spiro atoms. The summed E-state index contributed by atoms with van der Waals surface area (Å²) >= 11 is 0. The highest BCUT2D eigenvalue weighted by atomic mass is 16.5. The second-order valence-corrected chi connectivity index (χ2v) is 13.5. The first-order valence-corrected chi connectivity index (χ1v) is 14.6. The second-order valence-electron chi connectivity index (χ2n) is 13.5. The van der Waals surface area contributed by atoms with Crippen molar-refractivity contribution in [1.29, 1.82) is 0 Å². The minimum absolute atomic E-state index is 0.140. The molecule has 0 aromatic heterocycles. The fraction of sp³-hybridized carbons (Fsp3) is 0.515. The number of anilines is 1. The quantitative estimate of drug-likeness (QED) is 0.292. The molecule has 2 N–H and O–H groups in total. The molecule has 2 aromatic carbocycles. The molecule has 1 heterocycles.